The number of nitrogens with two attached hydrogens (primary N) is 1. The van der Waals surface area contributed by atoms with E-state index in [0.29, 0.717) is 12.5 Å². The summed E-state index contributed by atoms with van der Waals surface area (Å²) in [5.74, 6) is 1.39. The first-order chi connectivity index (χ1) is 9.33. The third-order valence-electron chi connectivity index (χ3n) is 3.66. The summed E-state index contributed by atoms with van der Waals surface area (Å²) >= 11 is 0. The summed E-state index contributed by atoms with van der Waals surface area (Å²) in [5, 5.41) is 0. The molecule has 1 atom stereocenters. The molecule has 0 spiro atoms. The number of nitrogens with zero attached hydrogens (tertiary/aromatic N) is 1. The second kappa shape index (κ2) is 7.48. The molecule has 19 heavy (non-hydrogen) atoms. The van der Waals surface area contributed by atoms with E-state index in [1.165, 1.54) is 5.56 Å². The van der Waals surface area contributed by atoms with E-state index >= 15 is 0 Å². The minimum Gasteiger partial charge on any atom is -0.497 e. The Morgan fingerprint density at radius 1 is 1.37 bits per heavy atom. The van der Waals surface area contributed by atoms with E-state index in [9.17, 15) is 0 Å². The zero-order valence-electron chi connectivity index (χ0n) is 11.7. The van der Waals surface area contributed by atoms with Gasteiger partial charge in [0.05, 0.1) is 20.3 Å². The molecule has 1 fully saturated rings. The number of benzene rings is 1. The molecule has 0 aliphatic carbocycles. The quantitative estimate of drug-likeness (QED) is 0.845. The average molecular weight is 264 g/mol. The van der Waals surface area contributed by atoms with Crippen LogP contribution in [0.3, 0.4) is 0 Å². The fourth-order valence-corrected chi connectivity index (χ4v) is 2.56. The van der Waals surface area contributed by atoms with Gasteiger partial charge in [-0.3, -0.25) is 4.90 Å². The molecule has 4 heteroatoms. The molecule has 1 aromatic rings. The van der Waals surface area contributed by atoms with Crippen molar-refractivity contribution in [1.29, 1.82) is 0 Å². The van der Waals surface area contributed by atoms with E-state index in [2.05, 4.69) is 23.1 Å². The summed E-state index contributed by atoms with van der Waals surface area (Å²) in [6.45, 7) is 5.48. The Labute approximate surface area is 115 Å². The van der Waals surface area contributed by atoms with Crippen molar-refractivity contribution in [2.75, 3.05) is 46.5 Å². The number of morpholine rings is 1. The SMILES string of the molecule is COc1cccc(C(CCN)CN2CCOCC2)c1. The third-order valence-corrected chi connectivity index (χ3v) is 3.66. The standard InChI is InChI=1S/C15H24N2O2/c1-18-15-4-2-3-13(11-15)14(5-6-16)12-17-7-9-19-10-8-17/h2-4,11,14H,5-10,12,16H2,1H3. The lowest BCUT2D eigenvalue weighted by molar-refractivity contribution is 0.0347. The molecule has 1 unspecified atom stereocenters. The predicted octanol–water partition coefficient (Wildman–Crippen LogP) is 1.46. The zero-order valence-corrected chi connectivity index (χ0v) is 11.7. The molecule has 1 saturated heterocycles. The predicted molar refractivity (Wildman–Crippen MR) is 76.7 cm³/mol. The fourth-order valence-electron chi connectivity index (χ4n) is 2.56. The van der Waals surface area contributed by atoms with Gasteiger partial charge in [0.1, 0.15) is 5.75 Å². The molecular formula is C15H24N2O2. The van der Waals surface area contributed by atoms with Crippen LogP contribution in [0.1, 0.15) is 17.9 Å². The van der Waals surface area contributed by atoms with Crippen LogP contribution in [-0.2, 0) is 4.74 Å². The first-order valence-electron chi connectivity index (χ1n) is 6.97. The lowest BCUT2D eigenvalue weighted by atomic mass is 9.94. The molecule has 1 aliphatic rings. The Bertz CT molecular complexity index is 378. The largest absolute Gasteiger partial charge is 0.497 e. The van der Waals surface area contributed by atoms with Gasteiger partial charge in [-0.15, -0.1) is 0 Å². The first kappa shape index (κ1) is 14.3. The molecule has 0 aromatic heterocycles. The first-order valence-corrected chi connectivity index (χ1v) is 6.97. The van der Waals surface area contributed by atoms with Crippen LogP contribution in [-0.4, -0.2) is 51.4 Å². The molecule has 2 N–H and O–H groups in total. The third kappa shape index (κ3) is 4.20. The van der Waals surface area contributed by atoms with Crippen molar-refractivity contribution in [3.63, 3.8) is 0 Å². The lowest BCUT2D eigenvalue weighted by Crippen LogP contribution is -2.39. The molecular weight excluding hydrogens is 240 g/mol. The van der Waals surface area contributed by atoms with E-state index in [-0.39, 0.29) is 0 Å². The number of methoxy groups -OCH3 is 1. The zero-order chi connectivity index (χ0) is 13.5. The van der Waals surface area contributed by atoms with Gasteiger partial charge >= 0.3 is 0 Å². The molecule has 106 valence electrons. The minimum absolute atomic E-state index is 0.471. The van der Waals surface area contributed by atoms with Crippen molar-refractivity contribution in [2.45, 2.75) is 12.3 Å². The second-order valence-corrected chi connectivity index (χ2v) is 4.96. The van der Waals surface area contributed by atoms with Gasteiger partial charge in [-0.25, -0.2) is 0 Å². The highest BCUT2D eigenvalue weighted by atomic mass is 16.5. The Morgan fingerprint density at radius 2 is 2.16 bits per heavy atom. The number of ether oxygens (including phenoxy) is 2. The smallest absolute Gasteiger partial charge is 0.119 e. The summed E-state index contributed by atoms with van der Waals surface area (Å²) in [6.07, 6.45) is 1.00. The molecule has 0 bridgehead atoms. The van der Waals surface area contributed by atoms with Gasteiger partial charge in [0.2, 0.25) is 0 Å². The maximum Gasteiger partial charge on any atom is 0.119 e. The highest BCUT2D eigenvalue weighted by Crippen LogP contribution is 2.24. The van der Waals surface area contributed by atoms with Crippen molar-refractivity contribution in [3.05, 3.63) is 29.8 Å². The van der Waals surface area contributed by atoms with E-state index < -0.39 is 0 Å². The maximum absolute atomic E-state index is 5.77. The van der Waals surface area contributed by atoms with Crippen molar-refractivity contribution < 1.29 is 9.47 Å². The molecule has 2 rings (SSSR count). The fraction of sp³-hybridized carbons (Fsp3) is 0.600. The summed E-state index contributed by atoms with van der Waals surface area (Å²) in [7, 11) is 1.71. The molecule has 4 nitrogen and oxygen atoms in total. The Morgan fingerprint density at radius 3 is 2.84 bits per heavy atom. The van der Waals surface area contributed by atoms with Gasteiger partial charge < -0.3 is 15.2 Å². The Kier molecular flexibility index (Phi) is 5.63. The molecule has 0 amide bonds. The van der Waals surface area contributed by atoms with Gasteiger partial charge in [-0.05, 0) is 36.6 Å². The van der Waals surface area contributed by atoms with Gasteiger partial charge in [0.15, 0.2) is 0 Å². The monoisotopic (exact) mass is 264 g/mol. The average Bonchev–Trinajstić information content (AvgIpc) is 2.48. The van der Waals surface area contributed by atoms with Crippen molar-refractivity contribution >= 4 is 0 Å². The molecule has 1 aliphatic heterocycles. The van der Waals surface area contributed by atoms with E-state index in [0.717, 1.165) is 45.0 Å². The summed E-state index contributed by atoms with van der Waals surface area (Å²) in [4.78, 5) is 2.46. The van der Waals surface area contributed by atoms with E-state index in [4.69, 9.17) is 15.2 Å². The summed E-state index contributed by atoms with van der Waals surface area (Å²) in [5.41, 5.74) is 7.08. The van der Waals surface area contributed by atoms with E-state index in [1.54, 1.807) is 7.11 Å². The van der Waals surface area contributed by atoms with Crippen LogP contribution in [0.25, 0.3) is 0 Å². The maximum atomic E-state index is 5.77. The van der Waals surface area contributed by atoms with Crippen LogP contribution in [0.2, 0.25) is 0 Å². The Balaban J connectivity index is 2.04. The van der Waals surface area contributed by atoms with Gasteiger partial charge in [0.25, 0.3) is 0 Å². The minimum atomic E-state index is 0.471. The topological polar surface area (TPSA) is 47.7 Å². The van der Waals surface area contributed by atoms with Crippen LogP contribution in [0.5, 0.6) is 5.75 Å². The number of hydrogen-bond acceptors (Lipinski definition) is 4. The van der Waals surface area contributed by atoms with Crippen LogP contribution in [0.4, 0.5) is 0 Å². The summed E-state index contributed by atoms with van der Waals surface area (Å²) in [6, 6.07) is 8.33. The van der Waals surface area contributed by atoms with Crippen molar-refractivity contribution in [2.24, 2.45) is 5.73 Å². The van der Waals surface area contributed by atoms with Crippen LogP contribution in [0, 0.1) is 0 Å². The highest BCUT2D eigenvalue weighted by Gasteiger charge is 2.18. The molecule has 1 heterocycles. The lowest BCUT2D eigenvalue weighted by Gasteiger charge is -2.30. The molecule has 0 saturated carbocycles. The molecule has 1 aromatic carbocycles. The van der Waals surface area contributed by atoms with Crippen molar-refractivity contribution in [1.82, 2.24) is 4.90 Å². The number of hydrogen-bond donors (Lipinski definition) is 1. The van der Waals surface area contributed by atoms with Crippen molar-refractivity contribution in [3.8, 4) is 5.75 Å². The number of rotatable bonds is 6. The normalized spacial score (nSPS) is 18.2. The van der Waals surface area contributed by atoms with Crippen LogP contribution in [0.15, 0.2) is 24.3 Å². The van der Waals surface area contributed by atoms with Gasteiger partial charge in [-0.1, -0.05) is 12.1 Å². The Hall–Kier alpha value is -1.10. The van der Waals surface area contributed by atoms with Crippen LogP contribution >= 0.6 is 0 Å². The van der Waals surface area contributed by atoms with E-state index in [1.807, 2.05) is 6.07 Å². The summed E-state index contributed by atoms with van der Waals surface area (Å²) < 4.78 is 10.7. The highest BCUT2D eigenvalue weighted by molar-refractivity contribution is 5.31. The molecule has 0 radical (unpaired) electrons. The van der Waals surface area contributed by atoms with Gasteiger partial charge in [-0.2, -0.15) is 0 Å². The van der Waals surface area contributed by atoms with Crippen LogP contribution < -0.4 is 10.5 Å². The van der Waals surface area contributed by atoms with Gasteiger partial charge in [0, 0.05) is 19.6 Å². The second-order valence-electron chi connectivity index (χ2n) is 4.96.